The van der Waals surface area contributed by atoms with E-state index in [1.165, 1.54) is 49.9 Å². The monoisotopic (exact) mass is 339 g/mol. The first-order chi connectivity index (χ1) is 11.0. The molecule has 23 heavy (non-hydrogen) atoms. The number of likely N-dealkylation sites (tertiary alicyclic amines) is 1. The zero-order chi connectivity index (χ0) is 16.4. The molecule has 1 N–H and O–H groups in total. The van der Waals surface area contributed by atoms with E-state index in [9.17, 15) is 18.5 Å². The summed E-state index contributed by atoms with van der Waals surface area (Å²) in [6.07, 6.45) is 5.60. The van der Waals surface area contributed by atoms with Crippen molar-refractivity contribution in [1.29, 1.82) is 0 Å². The second-order valence-corrected chi connectivity index (χ2v) is 7.95. The van der Waals surface area contributed by atoms with Gasteiger partial charge in [-0.1, -0.05) is 25.0 Å². The van der Waals surface area contributed by atoms with Crippen molar-refractivity contribution in [3.05, 3.63) is 34.4 Å². The molecule has 0 amide bonds. The molecule has 0 unspecified atom stereocenters. The fourth-order valence-corrected chi connectivity index (χ4v) is 5.04. The third-order valence-electron chi connectivity index (χ3n) is 4.73. The van der Waals surface area contributed by atoms with E-state index in [-0.39, 0.29) is 16.6 Å². The van der Waals surface area contributed by atoms with Crippen LogP contribution in [0.5, 0.6) is 0 Å². The number of nitrogens with one attached hydrogen (secondary N) is 1. The number of hydrogen-bond acceptors (Lipinski definition) is 5. The van der Waals surface area contributed by atoms with Crippen LogP contribution in [0.25, 0.3) is 0 Å². The van der Waals surface area contributed by atoms with Crippen molar-refractivity contribution in [3.63, 3.8) is 0 Å². The van der Waals surface area contributed by atoms with Crippen molar-refractivity contribution in [2.24, 2.45) is 0 Å². The SMILES string of the molecule is O=[N+]([O-])c1ccccc1S(=O)(=O)N[C@H]1CCN(C2CCCC2)C1. The molecule has 126 valence electrons. The van der Waals surface area contributed by atoms with E-state index < -0.39 is 14.9 Å². The maximum Gasteiger partial charge on any atom is 0.289 e. The Bertz CT molecular complexity index is 686. The first-order valence-electron chi connectivity index (χ1n) is 7.97. The molecular weight excluding hydrogens is 318 g/mol. The van der Waals surface area contributed by atoms with Crippen molar-refractivity contribution >= 4 is 15.7 Å². The van der Waals surface area contributed by atoms with Crippen LogP contribution in [-0.4, -0.2) is 43.4 Å². The fourth-order valence-electron chi connectivity index (χ4n) is 3.60. The van der Waals surface area contributed by atoms with Gasteiger partial charge in [-0.05, 0) is 25.3 Å². The van der Waals surface area contributed by atoms with Crippen LogP contribution in [0.3, 0.4) is 0 Å². The first kappa shape index (κ1) is 16.4. The molecule has 1 atom stereocenters. The van der Waals surface area contributed by atoms with E-state index >= 15 is 0 Å². The van der Waals surface area contributed by atoms with Crippen LogP contribution in [0.1, 0.15) is 32.1 Å². The molecule has 1 saturated heterocycles. The van der Waals surface area contributed by atoms with Gasteiger partial charge in [0.15, 0.2) is 4.90 Å². The number of nitro groups is 1. The zero-order valence-electron chi connectivity index (χ0n) is 12.8. The lowest BCUT2D eigenvalue weighted by atomic mass is 10.2. The van der Waals surface area contributed by atoms with Crippen LogP contribution in [0, 0.1) is 10.1 Å². The van der Waals surface area contributed by atoms with Crippen LogP contribution in [0.2, 0.25) is 0 Å². The Balaban J connectivity index is 1.71. The lowest BCUT2D eigenvalue weighted by Gasteiger charge is -2.23. The van der Waals surface area contributed by atoms with Crippen LogP contribution in [-0.2, 0) is 10.0 Å². The van der Waals surface area contributed by atoms with Crippen molar-refractivity contribution in [2.45, 2.75) is 49.1 Å². The standard InChI is InChI=1S/C15H21N3O4S/c19-18(20)14-7-3-4-8-15(14)23(21,22)16-12-9-10-17(11-12)13-5-1-2-6-13/h3-4,7-8,12-13,16H,1-2,5-6,9-11H2/t12-/m0/s1. The van der Waals surface area contributed by atoms with Gasteiger partial charge in [-0.2, -0.15) is 0 Å². The predicted octanol–water partition coefficient (Wildman–Crippen LogP) is 1.89. The highest BCUT2D eigenvalue weighted by molar-refractivity contribution is 7.89. The molecule has 0 spiro atoms. The first-order valence-corrected chi connectivity index (χ1v) is 9.45. The molecule has 0 aromatic heterocycles. The third-order valence-corrected chi connectivity index (χ3v) is 6.30. The summed E-state index contributed by atoms with van der Waals surface area (Å²) < 4.78 is 27.7. The van der Waals surface area contributed by atoms with E-state index in [0.29, 0.717) is 12.6 Å². The van der Waals surface area contributed by atoms with Crippen molar-refractivity contribution in [1.82, 2.24) is 9.62 Å². The number of para-hydroxylation sites is 1. The molecule has 1 aliphatic heterocycles. The minimum atomic E-state index is -3.88. The number of hydrogen-bond donors (Lipinski definition) is 1. The number of benzene rings is 1. The third kappa shape index (κ3) is 3.54. The lowest BCUT2D eigenvalue weighted by Crippen LogP contribution is -2.39. The van der Waals surface area contributed by atoms with Gasteiger partial charge in [0.2, 0.25) is 10.0 Å². The molecule has 7 nitrogen and oxygen atoms in total. The molecule has 0 bridgehead atoms. The average molecular weight is 339 g/mol. The fraction of sp³-hybridized carbons (Fsp3) is 0.600. The van der Waals surface area contributed by atoms with Crippen molar-refractivity contribution in [3.8, 4) is 0 Å². The predicted molar refractivity (Wildman–Crippen MR) is 85.7 cm³/mol. The van der Waals surface area contributed by atoms with Gasteiger partial charge in [-0.25, -0.2) is 13.1 Å². The Morgan fingerprint density at radius 1 is 1.17 bits per heavy atom. The van der Waals surface area contributed by atoms with Crippen molar-refractivity contribution < 1.29 is 13.3 Å². The summed E-state index contributed by atoms with van der Waals surface area (Å²) in [5.74, 6) is 0. The average Bonchev–Trinajstić information content (AvgIpc) is 3.17. The summed E-state index contributed by atoms with van der Waals surface area (Å²) in [6.45, 7) is 1.57. The quantitative estimate of drug-likeness (QED) is 0.653. The largest absolute Gasteiger partial charge is 0.299 e. The minimum Gasteiger partial charge on any atom is -0.299 e. The maximum atomic E-state index is 12.5. The van der Waals surface area contributed by atoms with E-state index in [1.807, 2.05) is 0 Å². The van der Waals surface area contributed by atoms with Gasteiger partial charge in [0.05, 0.1) is 4.92 Å². The van der Waals surface area contributed by atoms with Gasteiger partial charge in [-0.15, -0.1) is 0 Å². The van der Waals surface area contributed by atoms with E-state index in [1.54, 1.807) is 0 Å². The van der Waals surface area contributed by atoms with Crippen LogP contribution < -0.4 is 4.72 Å². The molecule has 0 radical (unpaired) electrons. The second-order valence-electron chi connectivity index (χ2n) is 6.26. The lowest BCUT2D eigenvalue weighted by molar-refractivity contribution is -0.387. The number of nitrogens with zero attached hydrogens (tertiary/aromatic N) is 2. The molecule has 3 rings (SSSR count). The highest BCUT2D eigenvalue weighted by Gasteiger charge is 2.34. The molecule has 2 fully saturated rings. The molecule has 1 heterocycles. The van der Waals surface area contributed by atoms with Crippen molar-refractivity contribution in [2.75, 3.05) is 13.1 Å². The van der Waals surface area contributed by atoms with Crippen LogP contribution in [0.4, 0.5) is 5.69 Å². The number of sulfonamides is 1. The van der Waals surface area contributed by atoms with Crippen LogP contribution >= 0.6 is 0 Å². The van der Waals surface area contributed by atoms with E-state index in [4.69, 9.17) is 0 Å². The molecule has 2 aliphatic rings. The molecule has 8 heteroatoms. The smallest absolute Gasteiger partial charge is 0.289 e. The highest BCUT2D eigenvalue weighted by atomic mass is 32.2. The summed E-state index contributed by atoms with van der Waals surface area (Å²) in [5.41, 5.74) is -0.384. The molecular formula is C15H21N3O4S. The molecule has 1 saturated carbocycles. The normalized spacial score (nSPS) is 23.4. The Labute approximate surface area is 135 Å². The topological polar surface area (TPSA) is 92.5 Å². The summed E-state index contributed by atoms with van der Waals surface area (Å²) in [5, 5.41) is 11.0. The second kappa shape index (κ2) is 6.54. The van der Waals surface area contributed by atoms with Gasteiger partial charge in [0.1, 0.15) is 0 Å². The van der Waals surface area contributed by atoms with Gasteiger partial charge in [0, 0.05) is 31.2 Å². The number of rotatable bonds is 5. The zero-order valence-corrected chi connectivity index (χ0v) is 13.7. The van der Waals surface area contributed by atoms with E-state index in [2.05, 4.69) is 9.62 Å². The summed E-state index contributed by atoms with van der Waals surface area (Å²) in [4.78, 5) is 12.5. The maximum absolute atomic E-state index is 12.5. The number of nitro benzene ring substituents is 1. The molecule has 1 aliphatic carbocycles. The van der Waals surface area contributed by atoms with Gasteiger partial charge in [-0.3, -0.25) is 15.0 Å². The summed E-state index contributed by atoms with van der Waals surface area (Å²) >= 11 is 0. The van der Waals surface area contributed by atoms with Crippen LogP contribution in [0.15, 0.2) is 29.2 Å². The Morgan fingerprint density at radius 2 is 1.87 bits per heavy atom. The highest BCUT2D eigenvalue weighted by Crippen LogP contribution is 2.28. The molecule has 1 aromatic rings. The van der Waals surface area contributed by atoms with Gasteiger partial charge in [0.25, 0.3) is 5.69 Å². The summed E-state index contributed by atoms with van der Waals surface area (Å²) in [7, 11) is -3.88. The molecule has 1 aromatic carbocycles. The Hall–Kier alpha value is -1.51. The Kier molecular flexibility index (Phi) is 4.65. The Morgan fingerprint density at radius 3 is 2.57 bits per heavy atom. The van der Waals surface area contributed by atoms with Gasteiger partial charge < -0.3 is 0 Å². The van der Waals surface area contributed by atoms with Gasteiger partial charge >= 0.3 is 0 Å². The summed E-state index contributed by atoms with van der Waals surface area (Å²) in [6, 6.07) is 5.85. The minimum absolute atomic E-state index is 0.180. The van der Waals surface area contributed by atoms with E-state index in [0.717, 1.165) is 13.0 Å².